The van der Waals surface area contributed by atoms with Crippen LogP contribution in [0.4, 0.5) is 0 Å². The third-order valence-electron chi connectivity index (χ3n) is 14.5. The monoisotopic (exact) mass is 987 g/mol. The average molecular weight is 988 g/mol. The smallest absolute Gasteiger partial charge is 0.306 e. The molecule has 0 aromatic rings. The Labute approximate surface area is 437 Å². The van der Waals surface area contributed by atoms with Gasteiger partial charge in [-0.15, -0.1) is 0 Å². The summed E-state index contributed by atoms with van der Waals surface area (Å²) >= 11 is 0. The molecule has 6 nitrogen and oxygen atoms in total. The average Bonchev–Trinajstić information content (AvgIpc) is 3.36. The summed E-state index contributed by atoms with van der Waals surface area (Å²) in [6, 6.07) is 0. The molecule has 0 aromatic heterocycles. The summed E-state index contributed by atoms with van der Waals surface area (Å²) in [6.45, 7) is 6.64. The Morgan fingerprint density at radius 1 is 0.271 bits per heavy atom. The minimum Gasteiger partial charge on any atom is -0.462 e. The van der Waals surface area contributed by atoms with Gasteiger partial charge in [0.25, 0.3) is 0 Å². The summed E-state index contributed by atoms with van der Waals surface area (Å²) in [5.41, 5.74) is 0. The van der Waals surface area contributed by atoms with Crippen molar-refractivity contribution >= 4 is 17.9 Å². The van der Waals surface area contributed by atoms with Gasteiger partial charge >= 0.3 is 17.9 Å². The van der Waals surface area contributed by atoms with Gasteiger partial charge in [0.05, 0.1) is 0 Å². The van der Waals surface area contributed by atoms with Crippen LogP contribution in [-0.2, 0) is 28.6 Å². The number of rotatable bonds is 59. The lowest BCUT2D eigenvalue weighted by Gasteiger charge is -2.18. The minimum absolute atomic E-state index is 0.0665. The van der Waals surface area contributed by atoms with Crippen LogP contribution >= 0.6 is 0 Å². The first-order valence-electron chi connectivity index (χ1n) is 31.7. The molecule has 0 aromatic carbocycles. The largest absolute Gasteiger partial charge is 0.462 e. The zero-order chi connectivity index (χ0) is 50.7. The summed E-state index contributed by atoms with van der Waals surface area (Å²) in [7, 11) is 0. The molecule has 0 aliphatic carbocycles. The molecule has 0 spiro atoms. The van der Waals surface area contributed by atoms with Crippen LogP contribution in [0.25, 0.3) is 0 Å². The molecule has 1 unspecified atom stereocenters. The van der Waals surface area contributed by atoms with E-state index in [1.165, 1.54) is 250 Å². The van der Waals surface area contributed by atoms with E-state index in [-0.39, 0.29) is 31.1 Å². The number of carbonyl (C=O) groups excluding carboxylic acids is 3. The van der Waals surface area contributed by atoms with Crippen molar-refractivity contribution < 1.29 is 28.6 Å². The van der Waals surface area contributed by atoms with E-state index in [1.54, 1.807) is 0 Å². The lowest BCUT2D eigenvalue weighted by Crippen LogP contribution is -2.30. The van der Waals surface area contributed by atoms with Crippen LogP contribution < -0.4 is 0 Å². The zero-order valence-corrected chi connectivity index (χ0v) is 47.6. The van der Waals surface area contributed by atoms with Gasteiger partial charge in [-0.2, -0.15) is 0 Å². The SMILES string of the molecule is CCC/C=C\CCCCCCCC(=O)OCC(COC(=O)CCCCCCCCCCCCCCCCCCCCCCCCCCCC)OC(=O)CCCCCCCCCCCCCCCCCC. The fourth-order valence-electron chi connectivity index (χ4n) is 9.74. The molecule has 0 aliphatic heterocycles. The molecule has 0 bridgehead atoms. The Morgan fingerprint density at radius 2 is 0.500 bits per heavy atom. The van der Waals surface area contributed by atoms with E-state index in [4.69, 9.17) is 14.2 Å². The van der Waals surface area contributed by atoms with Gasteiger partial charge in [-0.1, -0.05) is 315 Å². The maximum atomic E-state index is 12.9. The van der Waals surface area contributed by atoms with E-state index < -0.39 is 6.10 Å². The molecule has 70 heavy (non-hydrogen) atoms. The normalized spacial score (nSPS) is 12.0. The van der Waals surface area contributed by atoms with Gasteiger partial charge in [0, 0.05) is 19.3 Å². The zero-order valence-electron chi connectivity index (χ0n) is 47.6. The number of carbonyl (C=O) groups is 3. The summed E-state index contributed by atoms with van der Waals surface area (Å²) in [5.74, 6) is -0.851. The highest BCUT2D eigenvalue weighted by Crippen LogP contribution is 2.18. The fourth-order valence-corrected chi connectivity index (χ4v) is 9.74. The van der Waals surface area contributed by atoms with Crippen LogP contribution in [0.1, 0.15) is 361 Å². The number of esters is 3. The molecule has 0 radical (unpaired) electrons. The first-order valence-corrected chi connectivity index (χ1v) is 31.7. The van der Waals surface area contributed by atoms with Crippen molar-refractivity contribution in [1.29, 1.82) is 0 Å². The van der Waals surface area contributed by atoms with Crippen LogP contribution in [0, 0.1) is 0 Å². The fraction of sp³-hybridized carbons (Fsp3) is 0.922. The molecule has 0 N–H and O–H groups in total. The highest BCUT2D eigenvalue weighted by atomic mass is 16.6. The summed E-state index contributed by atoms with van der Waals surface area (Å²) in [5, 5.41) is 0. The Hall–Kier alpha value is -1.85. The maximum Gasteiger partial charge on any atom is 0.306 e. The Kier molecular flexibility index (Phi) is 58.1. The molecule has 0 saturated carbocycles. The topological polar surface area (TPSA) is 78.9 Å². The summed E-state index contributed by atoms with van der Waals surface area (Å²) in [4.78, 5) is 38.1. The first kappa shape index (κ1) is 68.2. The molecular weight excluding hydrogens is 865 g/mol. The van der Waals surface area contributed by atoms with Crippen LogP contribution in [0.15, 0.2) is 12.2 Å². The standard InChI is InChI=1S/C64H122O6/c1-4-7-10-13-16-19-22-24-26-28-29-30-31-32-33-34-35-36-37-39-40-42-45-48-51-54-57-63(66)69-60-61(59-68-62(65)56-53-50-47-44-21-18-15-12-9-6-3)70-64(67)58-55-52-49-46-43-41-38-27-25-23-20-17-14-11-8-5-2/h12,15,61H,4-11,13-14,16-60H2,1-3H3/b15-12-. The molecule has 6 heteroatoms. The summed E-state index contributed by atoms with van der Waals surface area (Å²) < 4.78 is 16.9. The van der Waals surface area contributed by atoms with Crippen LogP contribution in [0.3, 0.4) is 0 Å². The van der Waals surface area contributed by atoms with Gasteiger partial charge in [0.1, 0.15) is 13.2 Å². The van der Waals surface area contributed by atoms with Crippen molar-refractivity contribution in [2.75, 3.05) is 13.2 Å². The third-order valence-corrected chi connectivity index (χ3v) is 14.5. The van der Waals surface area contributed by atoms with Crippen molar-refractivity contribution in [2.45, 2.75) is 367 Å². The third kappa shape index (κ3) is 57.1. The van der Waals surface area contributed by atoms with Crippen LogP contribution in [0.5, 0.6) is 0 Å². The Morgan fingerprint density at radius 3 is 0.771 bits per heavy atom. The maximum absolute atomic E-state index is 12.9. The van der Waals surface area contributed by atoms with Crippen molar-refractivity contribution in [2.24, 2.45) is 0 Å². The summed E-state index contributed by atoms with van der Waals surface area (Å²) in [6.07, 6.45) is 69.5. The number of ether oxygens (including phenoxy) is 3. The predicted molar refractivity (Wildman–Crippen MR) is 303 cm³/mol. The van der Waals surface area contributed by atoms with Crippen LogP contribution in [0.2, 0.25) is 0 Å². The van der Waals surface area contributed by atoms with Gasteiger partial charge in [-0.05, 0) is 38.5 Å². The highest BCUT2D eigenvalue weighted by Gasteiger charge is 2.19. The van der Waals surface area contributed by atoms with Crippen LogP contribution in [-0.4, -0.2) is 37.2 Å². The van der Waals surface area contributed by atoms with Gasteiger partial charge in [-0.25, -0.2) is 0 Å². The molecule has 0 aliphatic rings. The molecule has 0 fully saturated rings. The van der Waals surface area contributed by atoms with Gasteiger partial charge in [-0.3, -0.25) is 14.4 Å². The Balaban J connectivity index is 4.12. The molecule has 0 rings (SSSR count). The number of allylic oxidation sites excluding steroid dienone is 2. The van der Waals surface area contributed by atoms with Gasteiger partial charge in [0.2, 0.25) is 0 Å². The quantitative estimate of drug-likeness (QED) is 0.0261. The molecule has 0 heterocycles. The molecule has 414 valence electrons. The van der Waals surface area contributed by atoms with E-state index in [1.807, 2.05) is 0 Å². The molecule has 0 amide bonds. The minimum atomic E-state index is -0.767. The molecule has 1 atom stereocenters. The Bertz CT molecular complexity index is 1090. The first-order chi connectivity index (χ1) is 34.5. The predicted octanol–water partition coefficient (Wildman–Crippen LogP) is 21.3. The highest BCUT2D eigenvalue weighted by molar-refractivity contribution is 5.71. The van der Waals surface area contributed by atoms with Gasteiger partial charge in [0.15, 0.2) is 6.10 Å². The van der Waals surface area contributed by atoms with Crippen molar-refractivity contribution in [3.05, 3.63) is 12.2 Å². The number of unbranched alkanes of at least 4 members (excludes halogenated alkanes) is 46. The molecule has 0 saturated heterocycles. The van der Waals surface area contributed by atoms with Crippen molar-refractivity contribution in [1.82, 2.24) is 0 Å². The van der Waals surface area contributed by atoms with E-state index in [2.05, 4.69) is 32.9 Å². The number of hydrogen-bond acceptors (Lipinski definition) is 6. The van der Waals surface area contributed by atoms with E-state index in [0.717, 1.165) is 70.6 Å². The van der Waals surface area contributed by atoms with Crippen molar-refractivity contribution in [3.8, 4) is 0 Å². The second kappa shape index (κ2) is 59.7. The second-order valence-corrected chi connectivity index (χ2v) is 21.7. The lowest BCUT2D eigenvalue weighted by atomic mass is 10.0. The van der Waals surface area contributed by atoms with Gasteiger partial charge < -0.3 is 14.2 Å². The number of hydrogen-bond donors (Lipinski definition) is 0. The second-order valence-electron chi connectivity index (χ2n) is 21.7. The van der Waals surface area contributed by atoms with E-state index in [9.17, 15) is 14.4 Å². The van der Waals surface area contributed by atoms with E-state index >= 15 is 0 Å². The molecular formula is C64H122O6. The van der Waals surface area contributed by atoms with E-state index in [0.29, 0.717) is 19.3 Å². The lowest BCUT2D eigenvalue weighted by molar-refractivity contribution is -0.167. The van der Waals surface area contributed by atoms with Crippen molar-refractivity contribution in [3.63, 3.8) is 0 Å².